The molecule has 0 aromatic heterocycles. The number of halogens is 2. The number of rotatable bonds is 5. The molecule has 0 aliphatic rings. The summed E-state index contributed by atoms with van der Waals surface area (Å²) in [5, 5.41) is 11.4. The number of nitrogens with one attached hydrogen (secondary N) is 1. The van der Waals surface area contributed by atoms with E-state index in [1.54, 1.807) is 7.05 Å². The van der Waals surface area contributed by atoms with Crippen LogP contribution in [0, 0.1) is 11.6 Å². The Kier molecular flexibility index (Phi) is 4.37. The standard InChI is InChI=1S/C11H13F2NO2/c1-14-9(6-11(15)16)5-7-4-8(12)2-3-10(7)13/h2-4,9,14H,5-6H2,1H3,(H,15,16). The second kappa shape index (κ2) is 5.55. The Morgan fingerprint density at radius 2 is 2.19 bits per heavy atom. The lowest BCUT2D eigenvalue weighted by molar-refractivity contribution is -0.137. The first kappa shape index (κ1) is 12.6. The number of hydrogen-bond donors (Lipinski definition) is 2. The highest BCUT2D eigenvalue weighted by atomic mass is 19.1. The van der Waals surface area contributed by atoms with E-state index in [0.29, 0.717) is 0 Å². The van der Waals surface area contributed by atoms with E-state index in [0.717, 1.165) is 18.2 Å². The molecule has 16 heavy (non-hydrogen) atoms. The SMILES string of the molecule is CNC(CC(=O)O)Cc1cc(F)ccc1F. The summed E-state index contributed by atoms with van der Waals surface area (Å²) >= 11 is 0. The van der Waals surface area contributed by atoms with Gasteiger partial charge in [-0.3, -0.25) is 4.79 Å². The predicted molar refractivity (Wildman–Crippen MR) is 55.2 cm³/mol. The fourth-order valence-corrected chi connectivity index (χ4v) is 1.45. The van der Waals surface area contributed by atoms with Crippen molar-refractivity contribution in [3.63, 3.8) is 0 Å². The highest BCUT2D eigenvalue weighted by Gasteiger charge is 2.14. The van der Waals surface area contributed by atoms with Gasteiger partial charge in [-0.2, -0.15) is 0 Å². The van der Waals surface area contributed by atoms with Crippen LogP contribution in [-0.4, -0.2) is 24.2 Å². The van der Waals surface area contributed by atoms with Crippen LogP contribution in [-0.2, 0) is 11.2 Å². The van der Waals surface area contributed by atoms with Crippen LogP contribution in [0.25, 0.3) is 0 Å². The van der Waals surface area contributed by atoms with E-state index in [2.05, 4.69) is 5.32 Å². The monoisotopic (exact) mass is 229 g/mol. The van der Waals surface area contributed by atoms with Crippen LogP contribution in [0.4, 0.5) is 8.78 Å². The van der Waals surface area contributed by atoms with Crippen LogP contribution in [0.5, 0.6) is 0 Å². The number of benzene rings is 1. The maximum Gasteiger partial charge on any atom is 0.304 e. The van der Waals surface area contributed by atoms with Gasteiger partial charge in [-0.25, -0.2) is 8.78 Å². The first-order valence-corrected chi connectivity index (χ1v) is 4.86. The van der Waals surface area contributed by atoms with Crippen LogP contribution < -0.4 is 5.32 Å². The molecule has 1 atom stereocenters. The molecule has 1 unspecified atom stereocenters. The number of carboxylic acids is 1. The lowest BCUT2D eigenvalue weighted by Crippen LogP contribution is -2.30. The van der Waals surface area contributed by atoms with E-state index >= 15 is 0 Å². The Hall–Kier alpha value is -1.49. The Morgan fingerprint density at radius 3 is 2.75 bits per heavy atom. The third-order valence-electron chi connectivity index (χ3n) is 2.30. The van der Waals surface area contributed by atoms with Crippen molar-refractivity contribution >= 4 is 5.97 Å². The van der Waals surface area contributed by atoms with Crippen LogP contribution in [0.1, 0.15) is 12.0 Å². The maximum absolute atomic E-state index is 13.3. The molecule has 1 aromatic rings. The molecule has 1 rings (SSSR count). The molecular formula is C11H13F2NO2. The lowest BCUT2D eigenvalue weighted by Gasteiger charge is -2.14. The van der Waals surface area contributed by atoms with Crippen molar-refractivity contribution in [2.45, 2.75) is 18.9 Å². The minimum Gasteiger partial charge on any atom is -0.481 e. The molecule has 0 radical (unpaired) electrons. The quantitative estimate of drug-likeness (QED) is 0.805. The number of carbonyl (C=O) groups is 1. The molecule has 5 heteroatoms. The smallest absolute Gasteiger partial charge is 0.304 e. The fourth-order valence-electron chi connectivity index (χ4n) is 1.45. The number of carboxylic acid groups (broad SMARTS) is 1. The van der Waals surface area contributed by atoms with Crippen molar-refractivity contribution in [2.75, 3.05) is 7.05 Å². The summed E-state index contributed by atoms with van der Waals surface area (Å²) in [4.78, 5) is 10.5. The van der Waals surface area contributed by atoms with Crippen molar-refractivity contribution in [2.24, 2.45) is 0 Å². The van der Waals surface area contributed by atoms with Gasteiger partial charge >= 0.3 is 5.97 Å². The van der Waals surface area contributed by atoms with Crippen molar-refractivity contribution in [1.82, 2.24) is 5.32 Å². The molecule has 0 spiro atoms. The Labute approximate surface area is 92.1 Å². The van der Waals surface area contributed by atoms with Crippen LogP contribution in [0.2, 0.25) is 0 Å². The minimum absolute atomic E-state index is 0.132. The summed E-state index contributed by atoms with van der Waals surface area (Å²) < 4.78 is 26.1. The van der Waals surface area contributed by atoms with E-state index in [4.69, 9.17) is 5.11 Å². The molecule has 0 fully saturated rings. The van der Waals surface area contributed by atoms with E-state index in [1.165, 1.54) is 0 Å². The normalized spacial score (nSPS) is 12.4. The van der Waals surface area contributed by atoms with Crippen LogP contribution in [0.15, 0.2) is 18.2 Å². The largest absolute Gasteiger partial charge is 0.481 e. The fraction of sp³-hybridized carbons (Fsp3) is 0.364. The summed E-state index contributed by atoms with van der Waals surface area (Å²) in [7, 11) is 1.59. The molecule has 0 aliphatic heterocycles. The molecule has 2 N–H and O–H groups in total. The lowest BCUT2D eigenvalue weighted by atomic mass is 10.0. The van der Waals surface area contributed by atoms with Crippen LogP contribution in [0.3, 0.4) is 0 Å². The highest BCUT2D eigenvalue weighted by molar-refractivity contribution is 5.67. The van der Waals surface area contributed by atoms with Gasteiger partial charge in [0, 0.05) is 6.04 Å². The van der Waals surface area contributed by atoms with Gasteiger partial charge in [0.1, 0.15) is 11.6 Å². The molecular weight excluding hydrogens is 216 g/mol. The van der Waals surface area contributed by atoms with Gasteiger partial charge < -0.3 is 10.4 Å². The van der Waals surface area contributed by atoms with Gasteiger partial charge in [0.05, 0.1) is 6.42 Å². The van der Waals surface area contributed by atoms with E-state index in [-0.39, 0.29) is 18.4 Å². The van der Waals surface area contributed by atoms with Gasteiger partial charge in [-0.05, 0) is 37.2 Å². The maximum atomic E-state index is 13.3. The third-order valence-corrected chi connectivity index (χ3v) is 2.30. The van der Waals surface area contributed by atoms with Gasteiger partial charge in [-0.15, -0.1) is 0 Å². The zero-order valence-electron chi connectivity index (χ0n) is 8.84. The predicted octanol–water partition coefficient (Wildman–Crippen LogP) is 1.57. The van der Waals surface area contributed by atoms with E-state index in [9.17, 15) is 13.6 Å². The number of hydrogen-bond acceptors (Lipinski definition) is 2. The average Bonchev–Trinajstić information content (AvgIpc) is 2.21. The van der Waals surface area contributed by atoms with Crippen molar-refractivity contribution < 1.29 is 18.7 Å². The minimum atomic E-state index is -0.976. The van der Waals surface area contributed by atoms with Crippen molar-refractivity contribution in [3.8, 4) is 0 Å². The third kappa shape index (κ3) is 3.58. The Balaban J connectivity index is 2.77. The van der Waals surface area contributed by atoms with Gasteiger partial charge in [0.2, 0.25) is 0 Å². The summed E-state index contributed by atoms with van der Waals surface area (Å²) in [6.45, 7) is 0. The van der Waals surface area contributed by atoms with Gasteiger partial charge in [0.15, 0.2) is 0 Å². The Morgan fingerprint density at radius 1 is 1.50 bits per heavy atom. The number of likely N-dealkylation sites (N-methyl/N-ethyl adjacent to an activating group) is 1. The summed E-state index contributed by atoms with van der Waals surface area (Å²) in [6.07, 6.45) is 0.0127. The van der Waals surface area contributed by atoms with Gasteiger partial charge in [0.25, 0.3) is 0 Å². The van der Waals surface area contributed by atoms with E-state index in [1.807, 2.05) is 0 Å². The molecule has 0 aliphatic carbocycles. The summed E-state index contributed by atoms with van der Waals surface area (Å²) in [6, 6.07) is 2.75. The average molecular weight is 229 g/mol. The second-order valence-corrected chi connectivity index (χ2v) is 3.52. The first-order chi connectivity index (χ1) is 7.52. The van der Waals surface area contributed by atoms with Crippen molar-refractivity contribution in [3.05, 3.63) is 35.4 Å². The topological polar surface area (TPSA) is 49.3 Å². The molecule has 0 bridgehead atoms. The summed E-state index contributed by atoms with van der Waals surface area (Å²) in [5.41, 5.74) is 0.181. The molecule has 0 saturated carbocycles. The Bertz CT molecular complexity index is 382. The highest BCUT2D eigenvalue weighted by Crippen LogP contribution is 2.13. The van der Waals surface area contributed by atoms with Gasteiger partial charge in [-0.1, -0.05) is 0 Å². The molecule has 88 valence electrons. The molecule has 0 amide bonds. The van der Waals surface area contributed by atoms with E-state index < -0.39 is 23.6 Å². The number of aliphatic carboxylic acids is 1. The second-order valence-electron chi connectivity index (χ2n) is 3.52. The molecule has 3 nitrogen and oxygen atoms in total. The van der Waals surface area contributed by atoms with Crippen molar-refractivity contribution in [1.29, 1.82) is 0 Å². The first-order valence-electron chi connectivity index (χ1n) is 4.86. The molecule has 1 aromatic carbocycles. The van der Waals surface area contributed by atoms with Crippen LogP contribution >= 0.6 is 0 Å². The zero-order valence-corrected chi connectivity index (χ0v) is 8.84. The zero-order chi connectivity index (χ0) is 12.1. The molecule has 0 saturated heterocycles. The molecule has 0 heterocycles. The summed E-state index contributed by atoms with van der Waals surface area (Å²) in [5.74, 6) is -2.02.